The monoisotopic (exact) mass is 378 g/mol. The van der Waals surface area contributed by atoms with E-state index in [9.17, 15) is 4.79 Å². The van der Waals surface area contributed by atoms with E-state index in [2.05, 4.69) is 49.4 Å². The summed E-state index contributed by atoms with van der Waals surface area (Å²) in [5, 5.41) is 3.20. The number of hydrogen-bond acceptors (Lipinski definition) is 2. The number of carbonyl (C=O) groups excluding carboxylic acids is 1. The quantitative estimate of drug-likeness (QED) is 0.734. The van der Waals surface area contributed by atoms with Crippen LogP contribution in [0.4, 0.5) is 0 Å². The van der Waals surface area contributed by atoms with Gasteiger partial charge in [0.15, 0.2) is 0 Å². The fourth-order valence-electron chi connectivity index (χ4n) is 7.70. The first-order valence-electron chi connectivity index (χ1n) is 11.3. The Morgan fingerprint density at radius 1 is 1.14 bits per heavy atom. The van der Waals surface area contributed by atoms with E-state index in [0.717, 1.165) is 37.1 Å². The number of pyridine rings is 1. The molecule has 1 aliphatic heterocycles. The summed E-state index contributed by atoms with van der Waals surface area (Å²) in [6.45, 7) is 8.18. The molecule has 4 aliphatic rings. The van der Waals surface area contributed by atoms with Crippen LogP contribution < -0.4 is 5.32 Å². The second-order valence-corrected chi connectivity index (χ2v) is 10.5. The van der Waals surface area contributed by atoms with Gasteiger partial charge >= 0.3 is 0 Å². The van der Waals surface area contributed by atoms with Crippen molar-refractivity contribution in [3.05, 3.63) is 35.7 Å². The SMILES string of the molecule is Cc1ccncc1C1=CC[C@H]2[C@H]3CC[C@H]4CNC(=O)CC[C@]4(C)[C@H]3CC[C@]12C. The molecule has 0 unspecified atom stereocenters. The third-order valence-corrected chi connectivity index (χ3v) is 9.41. The summed E-state index contributed by atoms with van der Waals surface area (Å²) < 4.78 is 0. The number of allylic oxidation sites excluding steroid dienone is 2. The number of nitrogens with one attached hydrogen (secondary N) is 1. The van der Waals surface area contributed by atoms with Crippen molar-refractivity contribution in [2.75, 3.05) is 6.54 Å². The predicted octanol–water partition coefficient (Wildman–Crippen LogP) is 5.15. The third-order valence-electron chi connectivity index (χ3n) is 9.41. The first-order valence-corrected chi connectivity index (χ1v) is 11.3. The average molecular weight is 379 g/mol. The fraction of sp³-hybridized carbons (Fsp3) is 0.680. The Morgan fingerprint density at radius 3 is 2.82 bits per heavy atom. The molecule has 0 spiro atoms. The molecular formula is C25H34N2O. The highest BCUT2D eigenvalue weighted by Crippen LogP contribution is 2.66. The van der Waals surface area contributed by atoms with Crippen LogP contribution in [-0.4, -0.2) is 17.4 Å². The fourth-order valence-corrected chi connectivity index (χ4v) is 7.70. The summed E-state index contributed by atoms with van der Waals surface area (Å²) in [7, 11) is 0. The Morgan fingerprint density at radius 2 is 2.00 bits per heavy atom. The zero-order valence-electron chi connectivity index (χ0n) is 17.6. The second-order valence-electron chi connectivity index (χ2n) is 10.5. The van der Waals surface area contributed by atoms with Gasteiger partial charge in [0.1, 0.15) is 0 Å². The minimum absolute atomic E-state index is 0.268. The highest BCUT2D eigenvalue weighted by Gasteiger charge is 2.58. The van der Waals surface area contributed by atoms with Gasteiger partial charge in [0.25, 0.3) is 0 Å². The van der Waals surface area contributed by atoms with Gasteiger partial charge in [-0.2, -0.15) is 0 Å². The van der Waals surface area contributed by atoms with Gasteiger partial charge in [-0.15, -0.1) is 0 Å². The summed E-state index contributed by atoms with van der Waals surface area (Å²) in [6.07, 6.45) is 14.8. The van der Waals surface area contributed by atoms with Crippen LogP contribution >= 0.6 is 0 Å². The second kappa shape index (κ2) is 6.43. The molecule has 28 heavy (non-hydrogen) atoms. The zero-order chi connectivity index (χ0) is 19.5. The van der Waals surface area contributed by atoms with Gasteiger partial charge in [0.2, 0.25) is 5.91 Å². The van der Waals surface area contributed by atoms with Crippen LogP contribution in [0.1, 0.15) is 69.9 Å². The van der Waals surface area contributed by atoms with E-state index in [4.69, 9.17) is 0 Å². The van der Waals surface area contributed by atoms with Gasteiger partial charge in [0, 0.05) is 25.4 Å². The lowest BCUT2D eigenvalue weighted by atomic mass is 9.46. The molecule has 0 radical (unpaired) electrons. The molecule has 3 aliphatic carbocycles. The Kier molecular flexibility index (Phi) is 4.23. The van der Waals surface area contributed by atoms with Crippen LogP contribution in [-0.2, 0) is 4.79 Å². The van der Waals surface area contributed by atoms with E-state index >= 15 is 0 Å². The van der Waals surface area contributed by atoms with Crippen LogP contribution in [0.3, 0.4) is 0 Å². The number of rotatable bonds is 1. The van der Waals surface area contributed by atoms with Crippen LogP contribution in [0.15, 0.2) is 24.5 Å². The summed E-state index contributed by atoms with van der Waals surface area (Å²) in [6, 6.07) is 2.15. The Labute approximate surface area is 169 Å². The molecular weight excluding hydrogens is 344 g/mol. The van der Waals surface area contributed by atoms with Gasteiger partial charge in [-0.25, -0.2) is 0 Å². The Balaban J connectivity index is 1.46. The largest absolute Gasteiger partial charge is 0.356 e. The molecule has 6 atom stereocenters. The molecule has 3 heteroatoms. The maximum Gasteiger partial charge on any atom is 0.220 e. The Bertz CT molecular complexity index is 830. The van der Waals surface area contributed by atoms with Crippen molar-refractivity contribution in [3.63, 3.8) is 0 Å². The molecule has 1 N–H and O–H groups in total. The molecule has 2 saturated carbocycles. The normalized spacial score (nSPS) is 42.5. The molecule has 1 saturated heterocycles. The van der Waals surface area contributed by atoms with Crippen molar-refractivity contribution in [1.29, 1.82) is 0 Å². The van der Waals surface area contributed by atoms with E-state index < -0.39 is 0 Å². The maximum absolute atomic E-state index is 12.1. The standard InChI is InChI=1S/C25H34N2O/c1-16-10-13-26-15-19(16)21-7-6-20-18-5-4-17-14-27-23(28)9-12-24(17,2)22(18)8-11-25(20,21)3/h7,10,13,15,17-18,20,22H,4-6,8-9,11-12,14H2,1-3H3,(H,27,28)/t17-,18+,20-,22-,24-,25-/m0/s1. The highest BCUT2D eigenvalue weighted by atomic mass is 16.1. The molecule has 5 rings (SSSR count). The molecule has 1 amide bonds. The number of hydrogen-bond donors (Lipinski definition) is 1. The van der Waals surface area contributed by atoms with E-state index in [1.807, 2.05) is 6.20 Å². The number of amides is 1. The highest BCUT2D eigenvalue weighted by molar-refractivity contribution is 5.76. The maximum atomic E-state index is 12.1. The van der Waals surface area contributed by atoms with Crippen LogP contribution in [0.2, 0.25) is 0 Å². The van der Waals surface area contributed by atoms with Gasteiger partial charge in [-0.1, -0.05) is 19.9 Å². The number of fused-ring (bicyclic) bond motifs is 5. The molecule has 0 aromatic carbocycles. The number of carbonyl (C=O) groups is 1. The predicted molar refractivity (Wildman–Crippen MR) is 112 cm³/mol. The molecule has 150 valence electrons. The van der Waals surface area contributed by atoms with Crippen molar-refractivity contribution in [2.45, 2.75) is 65.7 Å². The molecule has 3 nitrogen and oxygen atoms in total. The van der Waals surface area contributed by atoms with Gasteiger partial charge in [-0.05, 0) is 103 Å². The average Bonchev–Trinajstić information content (AvgIpc) is 2.95. The van der Waals surface area contributed by atoms with Crippen LogP contribution in [0, 0.1) is 41.4 Å². The zero-order valence-corrected chi connectivity index (χ0v) is 17.6. The minimum atomic E-state index is 0.268. The summed E-state index contributed by atoms with van der Waals surface area (Å²) in [4.78, 5) is 16.5. The molecule has 2 heterocycles. The number of nitrogens with zero attached hydrogens (tertiary/aromatic N) is 1. The van der Waals surface area contributed by atoms with E-state index in [1.165, 1.54) is 43.2 Å². The molecule has 1 aromatic heterocycles. The van der Waals surface area contributed by atoms with Gasteiger partial charge in [0.05, 0.1) is 0 Å². The topological polar surface area (TPSA) is 42.0 Å². The smallest absolute Gasteiger partial charge is 0.220 e. The molecule has 0 bridgehead atoms. The van der Waals surface area contributed by atoms with E-state index in [-0.39, 0.29) is 11.3 Å². The van der Waals surface area contributed by atoms with Gasteiger partial charge in [-0.3, -0.25) is 9.78 Å². The Hall–Kier alpha value is -1.64. The summed E-state index contributed by atoms with van der Waals surface area (Å²) in [5.41, 5.74) is 4.91. The van der Waals surface area contributed by atoms with Crippen molar-refractivity contribution < 1.29 is 4.79 Å². The van der Waals surface area contributed by atoms with Crippen molar-refractivity contribution in [2.24, 2.45) is 34.5 Å². The summed E-state index contributed by atoms with van der Waals surface area (Å²) >= 11 is 0. The van der Waals surface area contributed by atoms with Gasteiger partial charge < -0.3 is 5.32 Å². The van der Waals surface area contributed by atoms with Crippen molar-refractivity contribution in [1.82, 2.24) is 10.3 Å². The summed E-state index contributed by atoms with van der Waals surface area (Å²) in [5.74, 6) is 3.27. The lowest BCUT2D eigenvalue weighted by Gasteiger charge is -2.58. The van der Waals surface area contributed by atoms with E-state index in [0.29, 0.717) is 11.3 Å². The molecule has 3 fully saturated rings. The first-order chi connectivity index (χ1) is 13.4. The van der Waals surface area contributed by atoms with Crippen LogP contribution in [0.5, 0.6) is 0 Å². The van der Waals surface area contributed by atoms with Crippen LogP contribution in [0.25, 0.3) is 5.57 Å². The third kappa shape index (κ3) is 2.54. The molecule has 1 aromatic rings. The minimum Gasteiger partial charge on any atom is -0.356 e. The lowest BCUT2D eigenvalue weighted by Crippen LogP contribution is -2.52. The number of aromatic nitrogens is 1. The van der Waals surface area contributed by atoms with Crippen molar-refractivity contribution in [3.8, 4) is 0 Å². The van der Waals surface area contributed by atoms with E-state index in [1.54, 1.807) is 5.57 Å². The lowest BCUT2D eigenvalue weighted by molar-refractivity contribution is -0.121. The number of aryl methyl sites for hydroxylation is 1. The van der Waals surface area contributed by atoms with Crippen molar-refractivity contribution >= 4 is 11.5 Å². The first kappa shape index (κ1) is 18.4.